The molecule has 0 unspecified atom stereocenters. The zero-order chi connectivity index (χ0) is 26.3. The van der Waals surface area contributed by atoms with Crippen molar-refractivity contribution in [2.75, 3.05) is 6.61 Å². The second-order valence-electron chi connectivity index (χ2n) is 12.4. The van der Waals surface area contributed by atoms with Crippen molar-refractivity contribution in [2.45, 2.75) is 160 Å². The Morgan fingerprint density at radius 1 is 0.857 bits per heavy atom. The van der Waals surface area contributed by atoms with Crippen LogP contribution >= 0.6 is 0 Å². The molecule has 3 aliphatic rings. The Kier molecular flexibility index (Phi) is 11.3. The molecule has 1 aliphatic heterocycles. The third-order valence-corrected chi connectivity index (χ3v) is 14.7. The summed E-state index contributed by atoms with van der Waals surface area (Å²) >= 11 is 0. The molecule has 0 spiro atoms. The monoisotopic (exact) mass is 507 g/mol. The first-order chi connectivity index (χ1) is 16.3. The molecule has 202 valence electrons. The quantitative estimate of drug-likeness (QED) is 0.298. The van der Waals surface area contributed by atoms with E-state index in [9.17, 15) is 9.90 Å². The topological polar surface area (TPSA) is 67.8 Å². The van der Waals surface area contributed by atoms with Gasteiger partial charge in [0.2, 0.25) is 0 Å². The number of aliphatic carboxylic acids is 1. The smallest absolute Gasteiger partial charge is 0.351 e. The highest BCUT2D eigenvalue weighted by atomic mass is 28.3. The minimum Gasteiger partial charge on any atom is -0.478 e. The van der Waals surface area contributed by atoms with E-state index in [1.54, 1.807) is 13.8 Å². The zero-order valence-electron chi connectivity index (χ0n) is 23.8. The minimum absolute atomic E-state index is 0.0267. The molecule has 0 aromatic rings. The number of hydrogen-bond donors (Lipinski definition) is 2. The number of hydrogen-bond acceptors (Lipinski definition) is 4. The van der Waals surface area contributed by atoms with Gasteiger partial charge in [-0.2, -0.15) is 0 Å². The van der Waals surface area contributed by atoms with E-state index in [0.29, 0.717) is 16.6 Å². The molecule has 0 aromatic heterocycles. The van der Waals surface area contributed by atoms with Crippen molar-refractivity contribution in [3.8, 4) is 11.5 Å². The van der Waals surface area contributed by atoms with Crippen LogP contribution in [-0.4, -0.2) is 49.2 Å². The molecule has 3 fully saturated rings. The average Bonchev–Trinajstić information content (AvgIpc) is 3.11. The molecule has 2 N–H and O–H groups in total. The summed E-state index contributed by atoms with van der Waals surface area (Å²) in [6.07, 6.45) is 14.6. The number of carbonyl (C=O) groups is 1. The van der Waals surface area contributed by atoms with Gasteiger partial charge in [-0.3, -0.25) is 0 Å². The molecule has 1 heterocycles. The summed E-state index contributed by atoms with van der Waals surface area (Å²) in [5, 5.41) is 13.5. The SMILES string of the molecule is C1CCC(NC2CCCCC2)CC1.CC(C)[Si](C#C[C@]1(C(=O)O)COC(C)(C)O1)(C(C)C)C(C)C. The van der Waals surface area contributed by atoms with Crippen LogP contribution in [0.4, 0.5) is 0 Å². The lowest BCUT2D eigenvalue weighted by molar-refractivity contribution is -0.175. The van der Waals surface area contributed by atoms with Crippen LogP contribution in [0.15, 0.2) is 0 Å². The van der Waals surface area contributed by atoms with Crippen molar-refractivity contribution in [2.24, 2.45) is 0 Å². The van der Waals surface area contributed by atoms with Crippen molar-refractivity contribution in [3.05, 3.63) is 0 Å². The summed E-state index contributed by atoms with van der Waals surface area (Å²) in [5.74, 6) is 1.02. The molecule has 0 bridgehead atoms. The van der Waals surface area contributed by atoms with Crippen molar-refractivity contribution in [1.29, 1.82) is 0 Å². The average molecular weight is 508 g/mol. The lowest BCUT2D eigenvalue weighted by Gasteiger charge is -2.38. The molecule has 3 rings (SSSR count). The Morgan fingerprint density at radius 3 is 1.60 bits per heavy atom. The standard InChI is InChI=1S/C17H30O4Si.C12H23N/c1-12(2)22(13(3)4,14(5)6)10-9-17(15(18)19)11-20-16(7,8)21-17;1-3-7-11(8-4-1)13-12-9-5-2-6-10-12/h12-14H,11H2,1-8H3,(H,18,19);11-13H,1-10H2/t17-;/m1./s1. The van der Waals surface area contributed by atoms with Crippen LogP contribution in [0, 0.1) is 11.5 Å². The van der Waals surface area contributed by atoms with Gasteiger partial charge >= 0.3 is 5.97 Å². The van der Waals surface area contributed by atoms with Gasteiger partial charge in [-0.15, -0.1) is 5.54 Å². The number of carboxylic acids is 1. The van der Waals surface area contributed by atoms with Crippen LogP contribution in [0.1, 0.15) is 120 Å². The highest BCUT2D eigenvalue weighted by Crippen LogP contribution is 2.41. The fourth-order valence-corrected chi connectivity index (χ4v) is 11.8. The molecule has 2 saturated carbocycles. The minimum atomic E-state index is -1.99. The van der Waals surface area contributed by atoms with E-state index in [0.717, 1.165) is 12.1 Å². The van der Waals surface area contributed by atoms with Gasteiger partial charge in [0, 0.05) is 12.1 Å². The largest absolute Gasteiger partial charge is 0.478 e. The number of ether oxygens (including phenoxy) is 2. The van der Waals surface area contributed by atoms with Crippen LogP contribution in [0.3, 0.4) is 0 Å². The Bertz CT molecular complexity index is 689. The Balaban J connectivity index is 0.000000279. The van der Waals surface area contributed by atoms with E-state index in [1.165, 1.54) is 64.2 Å². The third kappa shape index (κ3) is 8.05. The van der Waals surface area contributed by atoms with Gasteiger partial charge in [0.25, 0.3) is 5.60 Å². The predicted octanol–water partition coefficient (Wildman–Crippen LogP) is 7.06. The lowest BCUT2D eigenvalue weighted by Crippen LogP contribution is -2.46. The third-order valence-electron chi connectivity index (χ3n) is 8.42. The first-order valence-electron chi connectivity index (χ1n) is 14.2. The summed E-state index contributed by atoms with van der Waals surface area (Å²) in [5.41, 5.74) is 3.23. The fourth-order valence-electron chi connectivity index (χ4n) is 6.49. The predicted molar refractivity (Wildman–Crippen MR) is 147 cm³/mol. The molecule has 5 nitrogen and oxygen atoms in total. The van der Waals surface area contributed by atoms with Crippen molar-refractivity contribution in [3.63, 3.8) is 0 Å². The number of carboxylic acid groups (broad SMARTS) is 1. The van der Waals surface area contributed by atoms with Crippen LogP contribution in [0.5, 0.6) is 0 Å². The van der Waals surface area contributed by atoms with E-state index in [2.05, 4.69) is 58.3 Å². The summed E-state index contributed by atoms with van der Waals surface area (Å²) in [4.78, 5) is 11.7. The van der Waals surface area contributed by atoms with Gasteiger partial charge in [-0.05, 0) is 56.2 Å². The van der Waals surface area contributed by atoms with Crippen molar-refractivity contribution < 1.29 is 19.4 Å². The molecule has 0 radical (unpaired) electrons. The van der Waals surface area contributed by atoms with Gasteiger partial charge in [0.15, 0.2) is 5.79 Å². The lowest BCUT2D eigenvalue weighted by atomic mass is 9.91. The summed E-state index contributed by atoms with van der Waals surface area (Å²) in [6, 6.07) is 1.74. The number of nitrogens with one attached hydrogen (secondary N) is 1. The molecule has 6 heteroatoms. The van der Waals surface area contributed by atoms with Gasteiger partial charge in [-0.25, -0.2) is 4.79 Å². The second-order valence-corrected chi connectivity index (χ2v) is 18.0. The van der Waals surface area contributed by atoms with Crippen molar-refractivity contribution in [1.82, 2.24) is 5.32 Å². The molecular formula is C29H53NO4Si. The maximum Gasteiger partial charge on any atom is 0.351 e. The molecule has 2 aliphatic carbocycles. The van der Waals surface area contributed by atoms with E-state index < -0.39 is 25.4 Å². The zero-order valence-corrected chi connectivity index (χ0v) is 24.8. The van der Waals surface area contributed by atoms with Crippen molar-refractivity contribution >= 4 is 14.0 Å². The van der Waals surface area contributed by atoms with E-state index in [-0.39, 0.29) is 6.61 Å². The van der Waals surface area contributed by atoms with Gasteiger partial charge < -0.3 is 19.9 Å². The summed E-state index contributed by atoms with van der Waals surface area (Å²) in [6.45, 7) is 16.6. The van der Waals surface area contributed by atoms with E-state index in [4.69, 9.17) is 9.47 Å². The Morgan fingerprint density at radius 2 is 1.29 bits per heavy atom. The molecular weight excluding hydrogens is 454 g/mol. The summed E-state index contributed by atoms with van der Waals surface area (Å²) in [7, 11) is -1.99. The molecule has 35 heavy (non-hydrogen) atoms. The highest BCUT2D eigenvalue weighted by Gasteiger charge is 2.51. The van der Waals surface area contributed by atoms with Crippen LogP contribution in [-0.2, 0) is 14.3 Å². The second kappa shape index (κ2) is 13.1. The Labute approximate surface area is 216 Å². The van der Waals surface area contributed by atoms with Gasteiger partial charge in [-0.1, -0.05) is 86.0 Å². The molecule has 0 aromatic carbocycles. The van der Waals surface area contributed by atoms with Crippen LogP contribution in [0.25, 0.3) is 0 Å². The first-order valence-corrected chi connectivity index (χ1v) is 16.5. The van der Waals surface area contributed by atoms with E-state index >= 15 is 0 Å². The normalized spacial score (nSPS) is 25.8. The first kappa shape index (κ1) is 30.4. The highest BCUT2D eigenvalue weighted by molar-refractivity contribution is 6.90. The Hall–Kier alpha value is -0.873. The summed E-state index contributed by atoms with van der Waals surface area (Å²) < 4.78 is 11.1. The molecule has 1 atom stereocenters. The van der Waals surface area contributed by atoms with Crippen LogP contribution < -0.4 is 5.32 Å². The molecule has 1 saturated heterocycles. The van der Waals surface area contributed by atoms with Gasteiger partial charge in [0.1, 0.15) is 14.7 Å². The maximum absolute atomic E-state index is 11.7. The van der Waals surface area contributed by atoms with Gasteiger partial charge in [0.05, 0.1) is 0 Å². The van der Waals surface area contributed by atoms with E-state index in [1.807, 2.05) is 0 Å². The number of rotatable bonds is 6. The maximum atomic E-state index is 11.7. The molecule has 0 amide bonds. The fraction of sp³-hybridized carbons (Fsp3) is 0.897. The van der Waals surface area contributed by atoms with Crippen LogP contribution in [0.2, 0.25) is 16.6 Å².